The van der Waals surface area contributed by atoms with Crippen LogP contribution < -0.4 is 4.74 Å². The van der Waals surface area contributed by atoms with E-state index in [0.717, 1.165) is 22.8 Å². The molecule has 0 amide bonds. The summed E-state index contributed by atoms with van der Waals surface area (Å²) in [5.41, 5.74) is 2.34. The van der Waals surface area contributed by atoms with E-state index >= 15 is 0 Å². The van der Waals surface area contributed by atoms with Gasteiger partial charge in [-0.05, 0) is 29.2 Å². The van der Waals surface area contributed by atoms with Crippen LogP contribution in [-0.2, 0) is 6.61 Å². The van der Waals surface area contributed by atoms with Gasteiger partial charge in [-0.25, -0.2) is 0 Å². The molecule has 2 aromatic carbocycles. The minimum Gasteiger partial charge on any atom is -0.488 e. The lowest BCUT2D eigenvalue weighted by molar-refractivity contribution is 0.305. The lowest BCUT2D eigenvalue weighted by atomic mass is 10.2. The summed E-state index contributed by atoms with van der Waals surface area (Å²) < 4.78 is 7.37. The van der Waals surface area contributed by atoms with Crippen molar-refractivity contribution in [1.29, 1.82) is 0 Å². The molecule has 0 saturated carbocycles. The van der Waals surface area contributed by atoms with Crippen molar-refractivity contribution in [3.05, 3.63) is 70.0 Å². The molecule has 2 rings (SSSR count). The number of benzene rings is 2. The first-order chi connectivity index (χ1) is 10.8. The molecule has 0 N–H and O–H groups in total. The number of para-hydroxylation sites is 1. The minimum absolute atomic E-state index is 0.600. The Morgan fingerprint density at radius 1 is 0.909 bits per heavy atom. The number of ether oxygens (including phenoxy) is 1. The van der Waals surface area contributed by atoms with Crippen LogP contribution in [0.3, 0.4) is 0 Å². The fourth-order valence-electron chi connectivity index (χ4n) is 2.00. The largest absolute Gasteiger partial charge is 0.488 e. The van der Waals surface area contributed by atoms with Gasteiger partial charge in [-0.3, -0.25) is 0 Å². The van der Waals surface area contributed by atoms with Gasteiger partial charge < -0.3 is 4.74 Å². The maximum Gasteiger partial charge on any atom is 0.127 e. The molecule has 0 saturated heterocycles. The van der Waals surface area contributed by atoms with E-state index < -0.39 is 0 Å². The number of hydrogen-bond donors (Lipinski definition) is 0. The highest BCUT2D eigenvalue weighted by molar-refractivity contribution is 8.22. The Kier molecular flexibility index (Phi) is 7.47. The van der Waals surface area contributed by atoms with Gasteiger partial charge in [0.2, 0.25) is 0 Å². The lowest BCUT2D eigenvalue weighted by Gasteiger charge is -2.11. The van der Waals surface area contributed by atoms with E-state index in [-0.39, 0.29) is 0 Å². The molecule has 0 aliphatic rings. The van der Waals surface area contributed by atoms with Gasteiger partial charge in [-0.1, -0.05) is 62.4 Å². The third kappa shape index (κ3) is 5.47. The maximum absolute atomic E-state index is 6.02. The second-order valence-electron chi connectivity index (χ2n) is 4.64. The average Bonchev–Trinajstić information content (AvgIpc) is 2.55. The summed E-state index contributed by atoms with van der Waals surface area (Å²) in [5, 5.41) is 0. The minimum atomic E-state index is 0.600. The highest BCUT2D eigenvalue weighted by Gasteiger charge is 2.04. The van der Waals surface area contributed by atoms with Crippen LogP contribution in [0.5, 0.6) is 5.75 Å². The highest BCUT2D eigenvalue weighted by atomic mass is 32.2. The Hall–Kier alpha value is -1.32. The second-order valence-corrected chi connectivity index (χ2v) is 7.51. The monoisotopic (exact) mass is 330 g/mol. The summed E-state index contributed by atoms with van der Waals surface area (Å²) in [6.45, 7) is 4.97. The van der Waals surface area contributed by atoms with Crippen molar-refractivity contribution in [3.8, 4) is 5.75 Å². The average molecular weight is 331 g/mol. The molecule has 1 nitrogen and oxygen atoms in total. The summed E-state index contributed by atoms with van der Waals surface area (Å²) in [6, 6.07) is 18.5. The molecule has 0 aliphatic heterocycles. The first-order valence-corrected chi connectivity index (χ1v) is 9.53. The van der Waals surface area contributed by atoms with E-state index in [0.29, 0.717) is 6.61 Å². The molecule has 3 heteroatoms. The zero-order valence-electron chi connectivity index (χ0n) is 13.1. The van der Waals surface area contributed by atoms with E-state index in [2.05, 4.69) is 44.2 Å². The zero-order valence-corrected chi connectivity index (χ0v) is 14.8. The molecule has 0 bridgehead atoms. The molecule has 2 aromatic rings. The lowest BCUT2D eigenvalue weighted by Crippen LogP contribution is -1.96. The molecule has 116 valence electrons. The van der Waals surface area contributed by atoms with Gasteiger partial charge in [-0.2, -0.15) is 0 Å². The standard InChI is InChI=1S/C19H22OS2/c1-3-21-19(22-4-2)14-17-12-8-9-13-18(17)20-15-16-10-6-5-7-11-16/h5-14H,3-4,15H2,1-2H3. The van der Waals surface area contributed by atoms with Crippen molar-refractivity contribution in [2.45, 2.75) is 20.5 Å². The van der Waals surface area contributed by atoms with Crippen molar-refractivity contribution >= 4 is 29.6 Å². The Bertz CT molecular complexity index is 585. The van der Waals surface area contributed by atoms with Crippen LogP contribution in [-0.4, -0.2) is 11.5 Å². The number of hydrogen-bond acceptors (Lipinski definition) is 3. The Morgan fingerprint density at radius 2 is 1.55 bits per heavy atom. The molecular weight excluding hydrogens is 308 g/mol. The quantitative estimate of drug-likeness (QED) is 0.581. The van der Waals surface area contributed by atoms with Crippen LogP contribution in [0.4, 0.5) is 0 Å². The van der Waals surface area contributed by atoms with Crippen molar-refractivity contribution in [2.75, 3.05) is 11.5 Å². The fraction of sp³-hybridized carbons (Fsp3) is 0.263. The van der Waals surface area contributed by atoms with Gasteiger partial charge in [-0.15, -0.1) is 23.5 Å². The van der Waals surface area contributed by atoms with Crippen LogP contribution in [0.25, 0.3) is 6.08 Å². The maximum atomic E-state index is 6.02. The van der Waals surface area contributed by atoms with E-state index in [1.54, 1.807) is 0 Å². The van der Waals surface area contributed by atoms with Crippen molar-refractivity contribution in [3.63, 3.8) is 0 Å². The molecular formula is C19H22OS2. The van der Waals surface area contributed by atoms with Crippen molar-refractivity contribution in [1.82, 2.24) is 0 Å². The zero-order chi connectivity index (χ0) is 15.6. The molecule has 0 spiro atoms. The fourth-order valence-corrected chi connectivity index (χ4v) is 4.03. The predicted octanol–water partition coefficient (Wildman–Crippen LogP) is 6.07. The SMILES string of the molecule is CCSC(=Cc1ccccc1OCc1ccccc1)SCC. The summed E-state index contributed by atoms with van der Waals surface area (Å²) >= 11 is 3.78. The Morgan fingerprint density at radius 3 is 2.23 bits per heavy atom. The summed E-state index contributed by atoms with van der Waals surface area (Å²) in [5.74, 6) is 3.12. The normalized spacial score (nSPS) is 10.3. The van der Waals surface area contributed by atoms with Gasteiger partial charge in [0.15, 0.2) is 0 Å². The van der Waals surface area contributed by atoms with E-state index in [1.807, 2.05) is 53.9 Å². The molecule has 0 radical (unpaired) electrons. The van der Waals surface area contributed by atoms with Gasteiger partial charge in [0, 0.05) is 9.80 Å². The third-order valence-electron chi connectivity index (χ3n) is 3.00. The van der Waals surface area contributed by atoms with Gasteiger partial charge in [0.25, 0.3) is 0 Å². The topological polar surface area (TPSA) is 9.23 Å². The Labute approximate surface area is 142 Å². The number of thioether (sulfide) groups is 2. The first-order valence-electron chi connectivity index (χ1n) is 7.56. The smallest absolute Gasteiger partial charge is 0.127 e. The predicted molar refractivity (Wildman–Crippen MR) is 101 cm³/mol. The highest BCUT2D eigenvalue weighted by Crippen LogP contribution is 2.32. The molecule has 0 aromatic heterocycles. The van der Waals surface area contributed by atoms with Gasteiger partial charge in [0.1, 0.15) is 12.4 Å². The summed E-state index contributed by atoms with van der Waals surface area (Å²) in [4.78, 5) is 0. The molecule has 0 unspecified atom stereocenters. The molecule has 0 atom stereocenters. The molecule has 0 aliphatic carbocycles. The van der Waals surface area contributed by atoms with Crippen LogP contribution in [0.15, 0.2) is 58.8 Å². The Balaban J connectivity index is 2.13. The summed E-state index contributed by atoms with van der Waals surface area (Å²) in [6.07, 6.45) is 2.24. The number of rotatable bonds is 8. The van der Waals surface area contributed by atoms with E-state index in [4.69, 9.17) is 4.74 Å². The van der Waals surface area contributed by atoms with Crippen LogP contribution >= 0.6 is 23.5 Å². The molecule has 0 fully saturated rings. The summed E-state index contributed by atoms with van der Waals surface area (Å²) in [7, 11) is 0. The third-order valence-corrected chi connectivity index (χ3v) is 5.09. The molecule has 0 heterocycles. The van der Waals surface area contributed by atoms with Crippen LogP contribution in [0.1, 0.15) is 25.0 Å². The van der Waals surface area contributed by atoms with Crippen LogP contribution in [0.2, 0.25) is 0 Å². The first kappa shape index (κ1) is 17.0. The van der Waals surface area contributed by atoms with Gasteiger partial charge in [0.05, 0.1) is 0 Å². The molecule has 22 heavy (non-hydrogen) atoms. The van der Waals surface area contributed by atoms with Crippen molar-refractivity contribution < 1.29 is 4.74 Å². The van der Waals surface area contributed by atoms with E-state index in [9.17, 15) is 0 Å². The van der Waals surface area contributed by atoms with Gasteiger partial charge >= 0.3 is 0 Å². The van der Waals surface area contributed by atoms with Crippen LogP contribution in [0, 0.1) is 0 Å². The van der Waals surface area contributed by atoms with Crippen molar-refractivity contribution in [2.24, 2.45) is 0 Å². The van der Waals surface area contributed by atoms with E-state index in [1.165, 1.54) is 9.80 Å². The second kappa shape index (κ2) is 9.65.